The van der Waals surface area contributed by atoms with Gasteiger partial charge < -0.3 is 10.6 Å². The Kier molecular flexibility index (Phi) is 4.15. The van der Waals surface area contributed by atoms with Crippen molar-refractivity contribution in [2.45, 2.75) is 0 Å². The molecule has 0 aliphatic rings. The smallest absolute Gasteiger partial charge is 0.308 e. The number of hydrogen-bond donors (Lipinski definition) is 2. The third kappa shape index (κ3) is 3.82. The van der Waals surface area contributed by atoms with Gasteiger partial charge in [-0.1, -0.05) is 29.8 Å². The largest absolute Gasteiger partial charge is 0.323 e. The summed E-state index contributed by atoms with van der Waals surface area (Å²) in [6, 6.07) is 13.1. The summed E-state index contributed by atoms with van der Waals surface area (Å²) in [5, 5.41) is 5.82. The van der Waals surface area contributed by atoms with Gasteiger partial charge in [-0.25, -0.2) is 4.79 Å². The van der Waals surface area contributed by atoms with E-state index in [0.29, 0.717) is 22.0 Å². The number of halogens is 1. The van der Waals surface area contributed by atoms with Gasteiger partial charge in [0.15, 0.2) is 0 Å². The fourth-order valence-electron chi connectivity index (χ4n) is 1.55. The highest BCUT2D eigenvalue weighted by atomic mass is 35.5. The van der Waals surface area contributed by atoms with Crippen LogP contribution in [0.5, 0.6) is 0 Å². The zero-order valence-corrected chi connectivity index (χ0v) is 10.6. The van der Waals surface area contributed by atoms with E-state index in [1.54, 1.807) is 48.5 Å². The average molecular weight is 275 g/mol. The van der Waals surface area contributed by atoms with E-state index in [4.69, 9.17) is 11.6 Å². The highest BCUT2D eigenvalue weighted by molar-refractivity contribution is 6.30. The fraction of sp³-hybridized carbons (Fsp3) is 0. The molecule has 0 radical (unpaired) electrons. The van der Waals surface area contributed by atoms with Crippen molar-refractivity contribution in [2.75, 3.05) is 10.6 Å². The zero-order chi connectivity index (χ0) is 13.7. The van der Waals surface area contributed by atoms with Crippen molar-refractivity contribution in [1.82, 2.24) is 0 Å². The third-order valence-corrected chi connectivity index (χ3v) is 2.60. The summed E-state index contributed by atoms with van der Waals surface area (Å²) >= 11 is 5.82. The van der Waals surface area contributed by atoms with Gasteiger partial charge in [0.05, 0.1) is 0 Å². The Morgan fingerprint density at radius 1 is 1.00 bits per heavy atom. The van der Waals surface area contributed by atoms with Crippen LogP contribution in [0.4, 0.5) is 16.2 Å². The number of nitrogens with one attached hydrogen (secondary N) is 2. The molecule has 5 heteroatoms. The molecule has 0 bridgehead atoms. The van der Waals surface area contributed by atoms with Crippen molar-refractivity contribution < 1.29 is 9.59 Å². The quantitative estimate of drug-likeness (QED) is 0.837. The fourth-order valence-corrected chi connectivity index (χ4v) is 1.74. The molecular weight excluding hydrogens is 264 g/mol. The molecular formula is C14H11ClN2O2. The summed E-state index contributed by atoms with van der Waals surface area (Å²) in [6.07, 6.45) is 0.722. The topological polar surface area (TPSA) is 58.2 Å². The molecule has 2 rings (SSSR count). The lowest BCUT2D eigenvalue weighted by molar-refractivity contribution is 0.112. The van der Waals surface area contributed by atoms with Crippen LogP contribution in [0.25, 0.3) is 0 Å². The zero-order valence-electron chi connectivity index (χ0n) is 9.89. The minimum atomic E-state index is -0.398. The SMILES string of the molecule is O=Cc1cccc(NC(=O)Nc2cccc(Cl)c2)c1. The number of hydrogen-bond acceptors (Lipinski definition) is 2. The summed E-state index contributed by atoms with van der Waals surface area (Å²) < 4.78 is 0. The monoisotopic (exact) mass is 274 g/mol. The average Bonchev–Trinajstić information content (AvgIpc) is 2.38. The lowest BCUT2D eigenvalue weighted by atomic mass is 10.2. The van der Waals surface area contributed by atoms with E-state index in [2.05, 4.69) is 10.6 Å². The molecule has 0 heterocycles. The molecule has 0 aromatic heterocycles. The first-order chi connectivity index (χ1) is 9.17. The summed E-state index contributed by atoms with van der Waals surface area (Å²) in [5.41, 5.74) is 1.64. The molecule has 2 N–H and O–H groups in total. The van der Waals surface area contributed by atoms with Gasteiger partial charge >= 0.3 is 6.03 Å². The maximum absolute atomic E-state index is 11.7. The van der Waals surface area contributed by atoms with Crippen molar-refractivity contribution in [3.63, 3.8) is 0 Å². The second kappa shape index (κ2) is 6.02. The van der Waals surface area contributed by atoms with Crippen LogP contribution in [0, 0.1) is 0 Å². The molecule has 2 amide bonds. The minimum absolute atomic E-state index is 0.398. The molecule has 19 heavy (non-hydrogen) atoms. The Labute approximate surface area is 115 Å². The molecule has 4 nitrogen and oxygen atoms in total. The predicted octanol–water partition coefficient (Wildman–Crippen LogP) is 3.80. The van der Waals surface area contributed by atoms with Crippen LogP contribution in [0.15, 0.2) is 48.5 Å². The Bertz CT molecular complexity index is 614. The van der Waals surface area contributed by atoms with E-state index < -0.39 is 6.03 Å². The van der Waals surface area contributed by atoms with Crippen molar-refractivity contribution in [1.29, 1.82) is 0 Å². The van der Waals surface area contributed by atoms with E-state index in [0.717, 1.165) is 6.29 Å². The highest BCUT2D eigenvalue weighted by Gasteiger charge is 2.03. The first-order valence-corrected chi connectivity index (χ1v) is 5.94. The number of aldehydes is 1. The Hall–Kier alpha value is -2.33. The number of amides is 2. The van der Waals surface area contributed by atoms with Crippen LogP contribution in [0.1, 0.15) is 10.4 Å². The number of benzene rings is 2. The van der Waals surface area contributed by atoms with E-state index in [1.807, 2.05) is 0 Å². The Morgan fingerprint density at radius 2 is 1.63 bits per heavy atom. The van der Waals surface area contributed by atoms with Gasteiger partial charge in [0.1, 0.15) is 6.29 Å². The van der Waals surface area contributed by atoms with Crippen LogP contribution >= 0.6 is 11.6 Å². The van der Waals surface area contributed by atoms with Crippen LogP contribution < -0.4 is 10.6 Å². The van der Waals surface area contributed by atoms with Crippen molar-refractivity contribution in [3.8, 4) is 0 Å². The van der Waals surface area contributed by atoms with Gasteiger partial charge in [-0.2, -0.15) is 0 Å². The molecule has 0 aliphatic carbocycles. The summed E-state index contributed by atoms with van der Waals surface area (Å²) in [4.78, 5) is 22.4. The molecule has 0 saturated carbocycles. The van der Waals surface area contributed by atoms with E-state index >= 15 is 0 Å². The maximum Gasteiger partial charge on any atom is 0.323 e. The van der Waals surface area contributed by atoms with Crippen LogP contribution in [-0.4, -0.2) is 12.3 Å². The maximum atomic E-state index is 11.7. The molecule has 0 fully saturated rings. The van der Waals surface area contributed by atoms with Gasteiger partial charge in [-0.15, -0.1) is 0 Å². The molecule has 0 aliphatic heterocycles. The summed E-state index contributed by atoms with van der Waals surface area (Å²) in [5.74, 6) is 0. The van der Waals surface area contributed by atoms with Gasteiger partial charge in [0.2, 0.25) is 0 Å². The van der Waals surface area contributed by atoms with Crippen molar-refractivity contribution in [3.05, 3.63) is 59.1 Å². The van der Waals surface area contributed by atoms with Crippen molar-refractivity contribution >= 4 is 35.3 Å². The van der Waals surface area contributed by atoms with Gasteiger partial charge in [-0.3, -0.25) is 4.79 Å². The highest BCUT2D eigenvalue weighted by Crippen LogP contribution is 2.15. The number of urea groups is 1. The molecule has 0 atom stereocenters. The first kappa shape index (κ1) is 13.1. The van der Waals surface area contributed by atoms with Crippen LogP contribution in [0.3, 0.4) is 0 Å². The summed E-state index contributed by atoms with van der Waals surface area (Å²) in [7, 11) is 0. The normalized spacial score (nSPS) is 9.74. The second-order valence-electron chi connectivity index (χ2n) is 3.83. The van der Waals surface area contributed by atoms with Gasteiger partial charge in [0, 0.05) is 22.0 Å². The number of carbonyl (C=O) groups is 2. The number of carbonyl (C=O) groups excluding carboxylic acids is 2. The first-order valence-electron chi connectivity index (χ1n) is 5.56. The van der Waals surface area contributed by atoms with Gasteiger partial charge in [0.25, 0.3) is 0 Å². The third-order valence-electron chi connectivity index (χ3n) is 2.36. The Balaban J connectivity index is 2.03. The minimum Gasteiger partial charge on any atom is -0.308 e. The lowest BCUT2D eigenvalue weighted by Crippen LogP contribution is -2.19. The molecule has 0 unspecified atom stereocenters. The van der Waals surface area contributed by atoms with E-state index in [9.17, 15) is 9.59 Å². The molecule has 0 spiro atoms. The number of anilines is 2. The predicted molar refractivity (Wildman–Crippen MR) is 75.9 cm³/mol. The van der Waals surface area contributed by atoms with Crippen molar-refractivity contribution in [2.24, 2.45) is 0 Å². The molecule has 0 saturated heterocycles. The van der Waals surface area contributed by atoms with E-state index in [-0.39, 0.29) is 0 Å². The van der Waals surface area contributed by atoms with Gasteiger partial charge in [-0.05, 0) is 30.3 Å². The van der Waals surface area contributed by atoms with Crippen LogP contribution in [-0.2, 0) is 0 Å². The lowest BCUT2D eigenvalue weighted by Gasteiger charge is -2.08. The molecule has 2 aromatic rings. The van der Waals surface area contributed by atoms with E-state index in [1.165, 1.54) is 0 Å². The molecule has 96 valence electrons. The summed E-state index contributed by atoms with van der Waals surface area (Å²) in [6.45, 7) is 0. The Morgan fingerprint density at radius 3 is 2.26 bits per heavy atom. The second-order valence-corrected chi connectivity index (χ2v) is 4.27. The van der Waals surface area contributed by atoms with Crippen LogP contribution in [0.2, 0.25) is 5.02 Å². The molecule has 2 aromatic carbocycles. The number of rotatable bonds is 3. The standard InChI is InChI=1S/C14H11ClN2O2/c15-11-4-2-6-13(8-11)17-14(19)16-12-5-1-3-10(7-12)9-18/h1-9H,(H2,16,17,19).